The Morgan fingerprint density at radius 1 is 1.09 bits per heavy atom. The van der Waals surface area contributed by atoms with Crippen LogP contribution in [0.4, 0.5) is 0 Å². The van der Waals surface area contributed by atoms with E-state index in [-0.39, 0.29) is 23.8 Å². The van der Waals surface area contributed by atoms with Gasteiger partial charge in [-0.15, -0.1) is 0 Å². The van der Waals surface area contributed by atoms with Crippen LogP contribution in [0.1, 0.15) is 47.2 Å². The van der Waals surface area contributed by atoms with Gasteiger partial charge in [0.15, 0.2) is 0 Å². The number of carbonyl (C=O) groups excluding carboxylic acids is 2. The van der Waals surface area contributed by atoms with E-state index in [1.165, 1.54) is 0 Å². The van der Waals surface area contributed by atoms with Gasteiger partial charge in [0.05, 0.1) is 0 Å². The Balaban J connectivity index is 1.69. The van der Waals surface area contributed by atoms with E-state index in [0.717, 1.165) is 36.8 Å². The molecule has 1 fully saturated rings. The second-order valence-corrected chi connectivity index (χ2v) is 6.99. The molecular weight excluding hydrogens is 290 g/mol. The second kappa shape index (κ2) is 6.32. The predicted octanol–water partition coefficient (Wildman–Crippen LogP) is 1.75. The van der Waals surface area contributed by atoms with Crippen LogP contribution in [0.5, 0.6) is 0 Å². The summed E-state index contributed by atoms with van der Waals surface area (Å²) in [6.07, 6.45) is 3.69. The van der Waals surface area contributed by atoms with Crippen molar-refractivity contribution in [3.8, 4) is 0 Å². The predicted molar refractivity (Wildman–Crippen MR) is 88.6 cm³/mol. The molecule has 0 saturated heterocycles. The van der Waals surface area contributed by atoms with Crippen molar-refractivity contribution in [3.05, 3.63) is 34.9 Å². The van der Waals surface area contributed by atoms with Crippen molar-refractivity contribution in [3.63, 3.8) is 0 Å². The highest BCUT2D eigenvalue weighted by atomic mass is 16.2. The van der Waals surface area contributed by atoms with E-state index in [1.807, 2.05) is 23.1 Å². The number of fused-ring (bicyclic) bond motifs is 1. The van der Waals surface area contributed by atoms with E-state index >= 15 is 0 Å². The van der Waals surface area contributed by atoms with Gasteiger partial charge < -0.3 is 15.5 Å². The van der Waals surface area contributed by atoms with Crippen molar-refractivity contribution in [1.29, 1.82) is 0 Å². The zero-order valence-corrected chi connectivity index (χ0v) is 13.9. The van der Waals surface area contributed by atoms with Crippen LogP contribution in [0.3, 0.4) is 0 Å². The van der Waals surface area contributed by atoms with Crippen molar-refractivity contribution in [2.45, 2.75) is 44.8 Å². The number of benzene rings is 1. The average molecular weight is 315 g/mol. The van der Waals surface area contributed by atoms with E-state index in [4.69, 9.17) is 5.73 Å². The minimum atomic E-state index is -0.00107. The standard InChI is InChI=1S/C18H25N3O2/c1-20(2)17(22)13-3-4-14-10-21(11-15(14)9-13)18(23)12-5-7-16(19)8-6-12/h3-4,9,12,16H,5-8,10-11,19H2,1-2H3. The molecule has 0 aromatic heterocycles. The summed E-state index contributed by atoms with van der Waals surface area (Å²) < 4.78 is 0. The maximum absolute atomic E-state index is 12.7. The number of rotatable bonds is 2. The summed E-state index contributed by atoms with van der Waals surface area (Å²) in [4.78, 5) is 28.3. The van der Waals surface area contributed by atoms with E-state index in [9.17, 15) is 9.59 Å². The average Bonchev–Trinajstić information content (AvgIpc) is 2.97. The van der Waals surface area contributed by atoms with Crippen molar-refractivity contribution in [1.82, 2.24) is 9.80 Å². The first-order valence-electron chi connectivity index (χ1n) is 8.33. The first kappa shape index (κ1) is 16.0. The number of amides is 2. The summed E-state index contributed by atoms with van der Waals surface area (Å²) in [7, 11) is 3.50. The molecular formula is C18H25N3O2. The largest absolute Gasteiger partial charge is 0.345 e. The molecule has 2 aliphatic rings. The topological polar surface area (TPSA) is 66.6 Å². The lowest BCUT2D eigenvalue weighted by Gasteiger charge is -2.28. The van der Waals surface area contributed by atoms with Crippen LogP contribution >= 0.6 is 0 Å². The van der Waals surface area contributed by atoms with Crippen LogP contribution in [0, 0.1) is 5.92 Å². The summed E-state index contributed by atoms with van der Waals surface area (Å²) >= 11 is 0. The van der Waals surface area contributed by atoms with Crippen LogP contribution < -0.4 is 5.73 Å². The Kier molecular flexibility index (Phi) is 4.39. The quantitative estimate of drug-likeness (QED) is 0.904. The molecule has 1 saturated carbocycles. The molecule has 2 amide bonds. The Bertz CT molecular complexity index is 619. The van der Waals surface area contributed by atoms with Gasteiger partial charge in [-0.3, -0.25) is 9.59 Å². The van der Waals surface area contributed by atoms with Gasteiger partial charge in [0, 0.05) is 44.7 Å². The summed E-state index contributed by atoms with van der Waals surface area (Å²) in [5.74, 6) is 0.361. The van der Waals surface area contributed by atoms with Gasteiger partial charge in [0.25, 0.3) is 5.91 Å². The lowest BCUT2D eigenvalue weighted by atomic mass is 9.85. The van der Waals surface area contributed by atoms with Gasteiger partial charge in [-0.25, -0.2) is 0 Å². The fourth-order valence-electron chi connectivity index (χ4n) is 3.57. The summed E-state index contributed by atoms with van der Waals surface area (Å²) in [5.41, 5.74) is 8.86. The third-order valence-corrected chi connectivity index (χ3v) is 5.01. The molecule has 0 atom stereocenters. The van der Waals surface area contributed by atoms with Gasteiger partial charge in [-0.1, -0.05) is 6.07 Å². The van der Waals surface area contributed by atoms with Crippen LogP contribution in [0.2, 0.25) is 0 Å². The monoisotopic (exact) mass is 315 g/mol. The molecule has 1 heterocycles. The van der Waals surface area contributed by atoms with E-state index in [1.54, 1.807) is 19.0 Å². The van der Waals surface area contributed by atoms with Crippen LogP contribution in [-0.2, 0) is 17.9 Å². The van der Waals surface area contributed by atoms with Gasteiger partial charge in [-0.05, 0) is 48.9 Å². The molecule has 0 spiro atoms. The maximum atomic E-state index is 12.7. The summed E-state index contributed by atoms with van der Waals surface area (Å²) in [6.45, 7) is 1.28. The van der Waals surface area contributed by atoms with Crippen molar-refractivity contribution < 1.29 is 9.59 Å². The lowest BCUT2D eigenvalue weighted by Crippen LogP contribution is -2.36. The molecule has 1 aliphatic carbocycles. The fraction of sp³-hybridized carbons (Fsp3) is 0.556. The molecule has 5 nitrogen and oxygen atoms in total. The van der Waals surface area contributed by atoms with Gasteiger partial charge >= 0.3 is 0 Å². The minimum Gasteiger partial charge on any atom is -0.345 e. The third kappa shape index (κ3) is 3.24. The normalized spacial score (nSPS) is 23.5. The Labute approximate surface area is 137 Å². The smallest absolute Gasteiger partial charge is 0.253 e. The fourth-order valence-corrected chi connectivity index (χ4v) is 3.57. The maximum Gasteiger partial charge on any atom is 0.253 e. The van der Waals surface area contributed by atoms with E-state index in [0.29, 0.717) is 18.7 Å². The molecule has 1 aromatic carbocycles. The van der Waals surface area contributed by atoms with E-state index in [2.05, 4.69) is 0 Å². The molecule has 5 heteroatoms. The van der Waals surface area contributed by atoms with Crippen molar-refractivity contribution in [2.75, 3.05) is 14.1 Å². The highest BCUT2D eigenvalue weighted by Gasteiger charge is 2.31. The number of hydrogen-bond acceptors (Lipinski definition) is 3. The van der Waals surface area contributed by atoms with Gasteiger partial charge in [-0.2, -0.15) is 0 Å². The number of hydrogen-bond donors (Lipinski definition) is 1. The minimum absolute atomic E-state index is 0.00107. The Morgan fingerprint density at radius 3 is 2.39 bits per heavy atom. The number of nitrogens with zero attached hydrogens (tertiary/aromatic N) is 2. The van der Waals surface area contributed by atoms with E-state index < -0.39 is 0 Å². The van der Waals surface area contributed by atoms with Crippen LogP contribution in [0.15, 0.2) is 18.2 Å². The Hall–Kier alpha value is -1.88. The molecule has 0 bridgehead atoms. The summed E-state index contributed by atoms with van der Waals surface area (Å²) in [5, 5.41) is 0. The molecule has 1 aliphatic heterocycles. The molecule has 2 N–H and O–H groups in total. The zero-order valence-electron chi connectivity index (χ0n) is 13.9. The second-order valence-electron chi connectivity index (χ2n) is 6.99. The molecule has 0 unspecified atom stereocenters. The Morgan fingerprint density at radius 2 is 1.74 bits per heavy atom. The molecule has 3 rings (SSSR count). The molecule has 23 heavy (non-hydrogen) atoms. The van der Waals surface area contributed by atoms with Gasteiger partial charge in [0.1, 0.15) is 0 Å². The first-order chi connectivity index (χ1) is 11.0. The first-order valence-corrected chi connectivity index (χ1v) is 8.33. The van der Waals surface area contributed by atoms with Crippen LogP contribution in [-0.4, -0.2) is 41.8 Å². The SMILES string of the molecule is CN(C)C(=O)c1ccc2c(c1)CN(C(=O)C1CCC(N)CC1)C2. The molecule has 124 valence electrons. The molecule has 0 radical (unpaired) electrons. The van der Waals surface area contributed by atoms with Crippen molar-refractivity contribution in [2.24, 2.45) is 11.7 Å². The zero-order chi connectivity index (χ0) is 16.6. The lowest BCUT2D eigenvalue weighted by molar-refractivity contribution is -0.137. The highest BCUT2D eigenvalue weighted by Crippen LogP contribution is 2.30. The number of carbonyl (C=O) groups is 2. The highest BCUT2D eigenvalue weighted by molar-refractivity contribution is 5.94. The van der Waals surface area contributed by atoms with Crippen molar-refractivity contribution >= 4 is 11.8 Å². The summed E-state index contributed by atoms with van der Waals surface area (Å²) in [6, 6.07) is 6.03. The van der Waals surface area contributed by atoms with Gasteiger partial charge in [0.2, 0.25) is 5.91 Å². The van der Waals surface area contributed by atoms with Crippen LogP contribution in [0.25, 0.3) is 0 Å². The third-order valence-electron chi connectivity index (χ3n) is 5.01. The number of nitrogens with two attached hydrogens (primary N) is 1. The molecule has 1 aromatic rings.